The molecule has 3 atom stereocenters. The Balaban J connectivity index is 1.42. The number of ether oxygens (including phenoxy) is 1. The molecule has 6 rings (SSSR count). The lowest BCUT2D eigenvalue weighted by Crippen LogP contribution is -2.72. The maximum Gasteiger partial charge on any atom is 0.338 e. The van der Waals surface area contributed by atoms with E-state index < -0.39 is 22.7 Å². The summed E-state index contributed by atoms with van der Waals surface area (Å²) in [7, 11) is -5.78. The van der Waals surface area contributed by atoms with Crippen molar-refractivity contribution in [3.63, 3.8) is 0 Å². The van der Waals surface area contributed by atoms with Crippen LogP contribution < -0.4 is 20.7 Å². The highest BCUT2D eigenvalue weighted by atomic mass is 28.4. The average molecular weight is 699 g/mol. The zero-order chi connectivity index (χ0) is 35.4. The van der Waals surface area contributed by atoms with Crippen LogP contribution in [0.15, 0.2) is 152 Å². The van der Waals surface area contributed by atoms with Gasteiger partial charge in [-0.1, -0.05) is 181 Å². The second kappa shape index (κ2) is 14.6. The first kappa shape index (κ1) is 35.7. The topological polar surface area (TPSA) is 44.8 Å². The van der Waals surface area contributed by atoms with Crippen LogP contribution in [0.25, 0.3) is 0 Å². The summed E-state index contributed by atoms with van der Waals surface area (Å²) < 4.78 is 21.5. The van der Waals surface area contributed by atoms with Gasteiger partial charge in [-0.3, -0.25) is 0 Å². The molecule has 0 heterocycles. The molecule has 0 aromatic heterocycles. The molecule has 0 N–H and O–H groups in total. The van der Waals surface area contributed by atoms with Crippen LogP contribution in [0.3, 0.4) is 0 Å². The molecule has 0 aliphatic heterocycles. The molecular weight excluding hydrogens is 649 g/mol. The molecule has 50 heavy (non-hydrogen) atoms. The highest BCUT2D eigenvalue weighted by Gasteiger charge is 2.58. The summed E-state index contributed by atoms with van der Waals surface area (Å²) in [5, 5.41) is 4.50. The van der Waals surface area contributed by atoms with Crippen molar-refractivity contribution in [2.24, 2.45) is 5.92 Å². The molecule has 4 nitrogen and oxygen atoms in total. The molecule has 0 spiro atoms. The summed E-state index contributed by atoms with van der Waals surface area (Å²) in [4.78, 5) is 13.5. The van der Waals surface area contributed by atoms with Crippen molar-refractivity contribution in [1.82, 2.24) is 0 Å². The third-order valence-electron chi connectivity index (χ3n) is 10.3. The Hall–Kier alpha value is -4.08. The van der Waals surface area contributed by atoms with Crippen molar-refractivity contribution in [1.29, 1.82) is 0 Å². The third-order valence-corrected chi connectivity index (χ3v) is 20.3. The Morgan fingerprint density at radius 3 is 1.30 bits per heavy atom. The van der Waals surface area contributed by atoms with Crippen molar-refractivity contribution in [2.75, 3.05) is 6.61 Å². The molecule has 0 radical (unpaired) electrons. The Morgan fingerprint density at radius 2 is 0.920 bits per heavy atom. The Labute approximate surface area is 300 Å². The number of rotatable bonds is 11. The number of carbonyl (C=O) groups excluding carboxylic acids is 1. The Morgan fingerprint density at radius 1 is 0.560 bits per heavy atom. The standard InChI is InChI=1S/C44H50O4Si2/c1-43(2,3)49(36-24-14-8-15-25-36,37-26-16-9-17-27-37)46-33-35-32-40(47-42(45)34-22-12-7-13-23-34)41(35)48-50(44(4,5)6,38-28-18-10-19-29-38)39-30-20-11-21-31-39/h7-31,35,40-41H,32-33H2,1-6H3. The summed E-state index contributed by atoms with van der Waals surface area (Å²) in [6.07, 6.45) is -0.0936. The molecule has 1 fully saturated rings. The quantitative estimate of drug-likeness (QED) is 0.105. The molecule has 1 aliphatic rings. The molecule has 1 aliphatic carbocycles. The molecule has 0 bridgehead atoms. The molecule has 0 saturated heterocycles. The van der Waals surface area contributed by atoms with Crippen molar-refractivity contribution in [3.05, 3.63) is 157 Å². The van der Waals surface area contributed by atoms with Crippen LogP contribution in [0.4, 0.5) is 0 Å². The minimum Gasteiger partial charge on any atom is -0.456 e. The predicted molar refractivity (Wildman–Crippen MR) is 210 cm³/mol. The average Bonchev–Trinajstić information content (AvgIpc) is 3.12. The molecule has 3 unspecified atom stereocenters. The van der Waals surface area contributed by atoms with Crippen LogP contribution in [0, 0.1) is 5.92 Å². The van der Waals surface area contributed by atoms with Crippen LogP contribution >= 0.6 is 0 Å². The second-order valence-electron chi connectivity index (χ2n) is 15.5. The molecule has 6 heteroatoms. The minimum atomic E-state index is -2.97. The van der Waals surface area contributed by atoms with Gasteiger partial charge in [0.15, 0.2) is 0 Å². The van der Waals surface area contributed by atoms with Gasteiger partial charge in [0.2, 0.25) is 0 Å². The SMILES string of the molecule is CC(C)(C)[Si](OCC1CC(OC(=O)c2ccccc2)C1O[Si](c1ccccc1)(c1ccccc1)C(C)(C)C)(c1ccccc1)c1ccccc1. The van der Waals surface area contributed by atoms with Crippen LogP contribution in [0.5, 0.6) is 0 Å². The number of benzene rings is 5. The van der Waals surface area contributed by atoms with Gasteiger partial charge in [-0.15, -0.1) is 0 Å². The molecule has 0 amide bonds. The van der Waals surface area contributed by atoms with E-state index in [1.165, 1.54) is 20.7 Å². The number of hydrogen-bond donors (Lipinski definition) is 0. The maximum atomic E-state index is 13.5. The van der Waals surface area contributed by atoms with E-state index in [4.69, 9.17) is 13.6 Å². The number of hydrogen-bond acceptors (Lipinski definition) is 4. The molecule has 5 aromatic rings. The summed E-state index contributed by atoms with van der Waals surface area (Å²) >= 11 is 0. The Bertz CT molecular complexity index is 1740. The van der Waals surface area contributed by atoms with E-state index in [9.17, 15) is 4.79 Å². The smallest absolute Gasteiger partial charge is 0.338 e. The van der Waals surface area contributed by atoms with Crippen molar-refractivity contribution in [2.45, 2.75) is 70.2 Å². The van der Waals surface area contributed by atoms with E-state index in [2.05, 4.69) is 163 Å². The van der Waals surface area contributed by atoms with E-state index in [0.29, 0.717) is 18.6 Å². The fourth-order valence-electron chi connectivity index (χ4n) is 7.79. The molecule has 258 valence electrons. The van der Waals surface area contributed by atoms with Crippen molar-refractivity contribution in [3.8, 4) is 0 Å². The minimum absolute atomic E-state index is 0.0203. The number of carbonyl (C=O) groups is 1. The number of esters is 1. The monoisotopic (exact) mass is 698 g/mol. The lowest BCUT2D eigenvalue weighted by atomic mass is 9.79. The molecule has 5 aromatic carbocycles. The summed E-state index contributed by atoms with van der Waals surface area (Å²) in [5.74, 6) is -0.301. The summed E-state index contributed by atoms with van der Waals surface area (Å²) in [6.45, 7) is 14.3. The first-order valence-electron chi connectivity index (χ1n) is 17.8. The maximum absolute atomic E-state index is 13.5. The summed E-state index contributed by atoms with van der Waals surface area (Å²) in [5.41, 5.74) is 0.545. The van der Waals surface area contributed by atoms with E-state index >= 15 is 0 Å². The highest BCUT2D eigenvalue weighted by molar-refractivity contribution is 7.00. The van der Waals surface area contributed by atoms with Gasteiger partial charge < -0.3 is 13.6 Å². The third kappa shape index (κ3) is 6.82. The van der Waals surface area contributed by atoms with Crippen LogP contribution in [-0.2, 0) is 13.6 Å². The van der Waals surface area contributed by atoms with Gasteiger partial charge in [-0.25, -0.2) is 4.79 Å². The van der Waals surface area contributed by atoms with E-state index in [1.54, 1.807) is 0 Å². The van der Waals surface area contributed by atoms with Crippen molar-refractivity contribution >= 4 is 43.4 Å². The summed E-state index contributed by atoms with van der Waals surface area (Å²) in [6, 6.07) is 52.2. The van der Waals surface area contributed by atoms with Crippen LogP contribution in [-0.4, -0.2) is 41.4 Å². The van der Waals surface area contributed by atoms with Gasteiger partial charge in [-0.2, -0.15) is 0 Å². The zero-order valence-electron chi connectivity index (χ0n) is 30.2. The highest BCUT2D eigenvalue weighted by Crippen LogP contribution is 2.44. The second-order valence-corrected chi connectivity index (χ2v) is 24.1. The molecule has 1 saturated carbocycles. The first-order chi connectivity index (χ1) is 24.0. The van der Waals surface area contributed by atoms with Crippen LogP contribution in [0.1, 0.15) is 58.3 Å². The lowest BCUT2D eigenvalue weighted by molar-refractivity contribution is -0.112. The van der Waals surface area contributed by atoms with Crippen molar-refractivity contribution < 1.29 is 18.4 Å². The van der Waals surface area contributed by atoms with Gasteiger partial charge in [0.05, 0.1) is 11.7 Å². The van der Waals surface area contributed by atoms with E-state index in [-0.39, 0.29) is 28.1 Å². The van der Waals surface area contributed by atoms with Gasteiger partial charge >= 0.3 is 5.97 Å². The predicted octanol–water partition coefficient (Wildman–Crippen LogP) is 7.75. The molecular formula is C44H50O4Si2. The van der Waals surface area contributed by atoms with Gasteiger partial charge in [0, 0.05) is 12.5 Å². The van der Waals surface area contributed by atoms with E-state index in [1.807, 2.05) is 30.3 Å². The lowest BCUT2D eigenvalue weighted by Gasteiger charge is -2.53. The van der Waals surface area contributed by atoms with Gasteiger partial charge in [0.25, 0.3) is 16.6 Å². The Kier molecular flexibility index (Phi) is 10.5. The first-order valence-corrected chi connectivity index (χ1v) is 21.6. The normalized spacial score (nSPS) is 18.2. The fourth-order valence-corrected chi connectivity index (χ4v) is 17.2. The largest absolute Gasteiger partial charge is 0.456 e. The van der Waals surface area contributed by atoms with Crippen LogP contribution in [0.2, 0.25) is 10.1 Å². The van der Waals surface area contributed by atoms with Gasteiger partial charge in [0.1, 0.15) is 6.10 Å². The van der Waals surface area contributed by atoms with Gasteiger partial charge in [-0.05, 0) is 49.4 Å². The van der Waals surface area contributed by atoms with E-state index in [0.717, 1.165) is 0 Å². The zero-order valence-corrected chi connectivity index (χ0v) is 32.2. The fraction of sp³-hybridized carbons (Fsp3) is 0.295.